The molecule has 0 aromatic heterocycles. The first-order valence-electron chi connectivity index (χ1n) is 7.02. The summed E-state index contributed by atoms with van der Waals surface area (Å²) in [6, 6.07) is 2.69. The second kappa shape index (κ2) is 6.57. The van der Waals surface area contributed by atoms with Gasteiger partial charge in [-0.3, -0.25) is 0 Å². The fraction of sp³-hybridized carbons (Fsp3) is 0.600. The molecule has 112 valence electrons. The molecule has 0 atom stereocenters. The number of alkyl halides is 3. The largest absolute Gasteiger partial charge is 0.416 e. The molecule has 0 amide bonds. The lowest BCUT2D eigenvalue weighted by Crippen LogP contribution is -2.17. The van der Waals surface area contributed by atoms with Gasteiger partial charge in [-0.05, 0) is 42.6 Å². The highest BCUT2D eigenvalue weighted by Crippen LogP contribution is 2.30. The molecule has 1 N–H and O–H groups in total. The molecule has 0 saturated heterocycles. The molecule has 2 rings (SSSR count). The molecule has 1 aliphatic carbocycles. The highest BCUT2D eigenvalue weighted by molar-refractivity contribution is 5.26. The summed E-state index contributed by atoms with van der Waals surface area (Å²) < 4.78 is 50.8. The molecular formula is C15H19F4N. The molecule has 0 unspecified atom stereocenters. The molecule has 1 aromatic carbocycles. The smallest absolute Gasteiger partial charge is 0.313 e. The third-order valence-electron chi connectivity index (χ3n) is 3.82. The number of hydrogen-bond donors (Lipinski definition) is 1. The molecule has 1 fully saturated rings. The van der Waals surface area contributed by atoms with E-state index in [0.717, 1.165) is 31.0 Å². The molecule has 0 aliphatic heterocycles. The molecule has 0 radical (unpaired) electrons. The summed E-state index contributed by atoms with van der Waals surface area (Å²) in [6.07, 6.45) is 1.61. The van der Waals surface area contributed by atoms with Gasteiger partial charge in [0.25, 0.3) is 0 Å². The van der Waals surface area contributed by atoms with E-state index in [1.165, 1.54) is 25.7 Å². The SMILES string of the molecule is Fc1cc(CNCCC2CCCC2)cc(C(F)(F)F)c1. The predicted molar refractivity (Wildman–Crippen MR) is 69.7 cm³/mol. The van der Waals surface area contributed by atoms with Crippen LogP contribution in [0.15, 0.2) is 18.2 Å². The Balaban J connectivity index is 1.84. The van der Waals surface area contributed by atoms with Crippen LogP contribution < -0.4 is 5.32 Å². The quantitative estimate of drug-likeness (QED) is 0.621. The molecule has 1 aromatic rings. The second-order valence-electron chi connectivity index (χ2n) is 5.46. The fourth-order valence-electron chi connectivity index (χ4n) is 2.75. The van der Waals surface area contributed by atoms with Gasteiger partial charge in [0.05, 0.1) is 5.56 Å². The van der Waals surface area contributed by atoms with Crippen molar-refractivity contribution >= 4 is 0 Å². The standard InChI is InChI=1S/C15H19F4N/c16-14-8-12(7-13(9-14)15(17,18)19)10-20-6-5-11-3-1-2-4-11/h7-9,11,20H,1-6,10H2. The van der Waals surface area contributed by atoms with Crippen LogP contribution >= 0.6 is 0 Å². The zero-order valence-electron chi connectivity index (χ0n) is 11.3. The van der Waals surface area contributed by atoms with Crippen molar-refractivity contribution in [2.24, 2.45) is 5.92 Å². The summed E-state index contributed by atoms with van der Waals surface area (Å²) in [5, 5.41) is 3.10. The lowest BCUT2D eigenvalue weighted by Gasteiger charge is -2.12. The van der Waals surface area contributed by atoms with Gasteiger partial charge < -0.3 is 5.32 Å². The summed E-state index contributed by atoms with van der Waals surface area (Å²) in [6.45, 7) is 1.04. The van der Waals surface area contributed by atoms with Gasteiger partial charge in [-0.2, -0.15) is 13.2 Å². The topological polar surface area (TPSA) is 12.0 Å². The summed E-state index contributed by atoms with van der Waals surface area (Å²) in [5.74, 6) is -0.104. The Bertz CT molecular complexity index is 436. The molecule has 1 nitrogen and oxygen atoms in total. The maximum absolute atomic E-state index is 13.2. The molecular weight excluding hydrogens is 270 g/mol. The average Bonchev–Trinajstić information content (AvgIpc) is 2.86. The van der Waals surface area contributed by atoms with E-state index in [-0.39, 0.29) is 6.54 Å². The lowest BCUT2D eigenvalue weighted by atomic mass is 10.0. The Kier molecular flexibility index (Phi) is 5.02. The second-order valence-corrected chi connectivity index (χ2v) is 5.46. The first kappa shape index (κ1) is 15.3. The molecule has 0 heterocycles. The van der Waals surface area contributed by atoms with Gasteiger partial charge in [0.2, 0.25) is 0 Å². The van der Waals surface area contributed by atoms with Crippen LogP contribution in [0.1, 0.15) is 43.2 Å². The molecule has 1 saturated carbocycles. The normalized spacial score (nSPS) is 16.8. The minimum atomic E-state index is -4.50. The van der Waals surface area contributed by atoms with Crippen LogP contribution in [-0.4, -0.2) is 6.54 Å². The van der Waals surface area contributed by atoms with Crippen molar-refractivity contribution in [3.63, 3.8) is 0 Å². The van der Waals surface area contributed by atoms with Gasteiger partial charge in [-0.1, -0.05) is 25.7 Å². The van der Waals surface area contributed by atoms with Crippen molar-refractivity contribution in [3.8, 4) is 0 Å². The van der Waals surface area contributed by atoms with Crippen LogP contribution in [0, 0.1) is 11.7 Å². The van der Waals surface area contributed by atoms with Crippen molar-refractivity contribution in [2.45, 2.75) is 44.8 Å². The van der Waals surface area contributed by atoms with Crippen molar-refractivity contribution in [1.82, 2.24) is 5.32 Å². The van der Waals surface area contributed by atoms with Crippen LogP contribution in [0.2, 0.25) is 0 Å². The van der Waals surface area contributed by atoms with Gasteiger partial charge in [0, 0.05) is 6.54 Å². The van der Waals surface area contributed by atoms with Crippen LogP contribution in [0.25, 0.3) is 0 Å². The third kappa shape index (κ3) is 4.47. The van der Waals surface area contributed by atoms with E-state index in [1.54, 1.807) is 0 Å². The highest BCUT2D eigenvalue weighted by Gasteiger charge is 2.31. The Morgan fingerprint density at radius 1 is 1.10 bits per heavy atom. The van der Waals surface area contributed by atoms with Crippen LogP contribution in [-0.2, 0) is 12.7 Å². The van der Waals surface area contributed by atoms with Gasteiger partial charge in [0.15, 0.2) is 0 Å². The van der Waals surface area contributed by atoms with Crippen molar-refractivity contribution in [1.29, 1.82) is 0 Å². The summed E-state index contributed by atoms with van der Waals surface area (Å²) >= 11 is 0. The lowest BCUT2D eigenvalue weighted by molar-refractivity contribution is -0.137. The third-order valence-corrected chi connectivity index (χ3v) is 3.82. The van der Waals surface area contributed by atoms with E-state index >= 15 is 0 Å². The van der Waals surface area contributed by atoms with E-state index in [2.05, 4.69) is 5.32 Å². The highest BCUT2D eigenvalue weighted by atomic mass is 19.4. The Morgan fingerprint density at radius 2 is 1.80 bits per heavy atom. The monoisotopic (exact) mass is 289 g/mol. The van der Waals surface area contributed by atoms with Gasteiger partial charge >= 0.3 is 6.18 Å². The minimum absolute atomic E-state index is 0.271. The summed E-state index contributed by atoms with van der Waals surface area (Å²) in [5.41, 5.74) is -0.589. The predicted octanol–water partition coefficient (Wildman–Crippen LogP) is 4.51. The number of halogens is 4. The molecule has 1 aliphatic rings. The fourth-order valence-corrected chi connectivity index (χ4v) is 2.75. The maximum Gasteiger partial charge on any atom is 0.416 e. The van der Waals surface area contributed by atoms with Crippen LogP contribution in [0.3, 0.4) is 0 Å². The molecule has 0 bridgehead atoms. The number of nitrogens with one attached hydrogen (secondary N) is 1. The first-order chi connectivity index (χ1) is 9.45. The molecule has 20 heavy (non-hydrogen) atoms. The van der Waals surface area contributed by atoms with E-state index < -0.39 is 17.6 Å². The van der Waals surface area contributed by atoms with Crippen molar-refractivity contribution in [3.05, 3.63) is 35.1 Å². The summed E-state index contributed by atoms with van der Waals surface area (Å²) in [4.78, 5) is 0. The number of rotatable bonds is 5. The maximum atomic E-state index is 13.2. The first-order valence-corrected chi connectivity index (χ1v) is 7.02. The zero-order chi connectivity index (χ0) is 14.6. The van der Waals surface area contributed by atoms with E-state index in [4.69, 9.17) is 0 Å². The minimum Gasteiger partial charge on any atom is -0.313 e. The Hall–Kier alpha value is -1.10. The average molecular weight is 289 g/mol. The summed E-state index contributed by atoms with van der Waals surface area (Å²) in [7, 11) is 0. The van der Waals surface area contributed by atoms with Crippen LogP contribution in [0.5, 0.6) is 0 Å². The van der Waals surface area contributed by atoms with Crippen LogP contribution in [0.4, 0.5) is 17.6 Å². The van der Waals surface area contributed by atoms with E-state index in [1.807, 2.05) is 0 Å². The van der Waals surface area contributed by atoms with Crippen molar-refractivity contribution in [2.75, 3.05) is 6.54 Å². The van der Waals surface area contributed by atoms with Gasteiger partial charge in [0.1, 0.15) is 5.82 Å². The molecule has 5 heteroatoms. The van der Waals surface area contributed by atoms with Gasteiger partial charge in [-0.25, -0.2) is 4.39 Å². The Labute approximate surface area is 116 Å². The zero-order valence-corrected chi connectivity index (χ0v) is 11.3. The molecule has 0 spiro atoms. The van der Waals surface area contributed by atoms with E-state index in [0.29, 0.717) is 11.6 Å². The number of benzene rings is 1. The van der Waals surface area contributed by atoms with Gasteiger partial charge in [-0.15, -0.1) is 0 Å². The number of hydrogen-bond acceptors (Lipinski definition) is 1. The Morgan fingerprint density at radius 3 is 2.45 bits per heavy atom. The van der Waals surface area contributed by atoms with Crippen molar-refractivity contribution < 1.29 is 17.6 Å². The van der Waals surface area contributed by atoms with E-state index in [9.17, 15) is 17.6 Å².